The van der Waals surface area contributed by atoms with Crippen molar-refractivity contribution in [2.45, 2.75) is 6.92 Å². The lowest BCUT2D eigenvalue weighted by Crippen LogP contribution is -1.82. The maximum absolute atomic E-state index is 2.42. The normalized spacial score (nSPS) is 10.9. The Morgan fingerprint density at radius 3 is 2.83 bits per heavy atom. The Kier molecular flexibility index (Phi) is 2.62. The van der Waals surface area contributed by atoms with Crippen molar-refractivity contribution in [2.75, 3.05) is 0 Å². The highest BCUT2D eigenvalue weighted by Gasteiger charge is 2.06. The van der Waals surface area contributed by atoms with Crippen LogP contribution >= 0.6 is 56.5 Å². The molecule has 2 aromatic rings. The van der Waals surface area contributed by atoms with E-state index in [1.165, 1.54) is 22.8 Å². The minimum atomic E-state index is 1.36. The van der Waals surface area contributed by atoms with Gasteiger partial charge in [-0.1, -0.05) is 0 Å². The lowest BCUT2D eigenvalue weighted by molar-refractivity contribution is 1.51. The molecule has 0 aliphatic rings. The van der Waals surface area contributed by atoms with Crippen molar-refractivity contribution < 1.29 is 0 Å². The second kappa shape index (κ2) is 3.42. The Hall–Kier alpha value is 0.640. The number of aryl methyl sites for hydroxylation is 1. The molecule has 1 aromatic carbocycles. The van der Waals surface area contributed by atoms with Crippen molar-refractivity contribution in [2.24, 2.45) is 0 Å². The van der Waals surface area contributed by atoms with E-state index >= 15 is 0 Å². The predicted molar refractivity (Wildman–Crippen MR) is 72.0 cm³/mol. The van der Waals surface area contributed by atoms with Gasteiger partial charge < -0.3 is 0 Å². The summed E-state index contributed by atoms with van der Waals surface area (Å²) in [7, 11) is 0. The van der Waals surface area contributed by atoms with Gasteiger partial charge in [0.05, 0.1) is 0 Å². The molecule has 0 nitrogen and oxygen atoms in total. The van der Waals surface area contributed by atoms with Crippen LogP contribution in [-0.2, 0) is 0 Å². The Morgan fingerprint density at radius 1 is 1.33 bits per heavy atom. The molecule has 0 saturated heterocycles. The molecule has 0 aliphatic heterocycles. The highest BCUT2D eigenvalue weighted by atomic mass is 127. The van der Waals surface area contributed by atoms with E-state index in [0.717, 1.165) is 0 Å². The molecule has 1 aromatic heterocycles. The number of rotatable bonds is 0. The molecule has 0 unspecified atom stereocenters. The van der Waals surface area contributed by atoms with Gasteiger partial charge >= 0.3 is 0 Å². The molecular formula is C9H6I2S. The van der Waals surface area contributed by atoms with E-state index in [4.69, 9.17) is 0 Å². The van der Waals surface area contributed by atoms with Crippen LogP contribution in [0.2, 0.25) is 0 Å². The lowest BCUT2D eigenvalue weighted by Gasteiger charge is -2.01. The van der Waals surface area contributed by atoms with Gasteiger partial charge in [-0.05, 0) is 80.6 Å². The summed E-state index contributed by atoms with van der Waals surface area (Å²) < 4.78 is 4.18. The number of halogens is 2. The molecule has 62 valence electrons. The van der Waals surface area contributed by atoms with Gasteiger partial charge in [-0.2, -0.15) is 0 Å². The van der Waals surface area contributed by atoms with Crippen molar-refractivity contribution in [1.29, 1.82) is 0 Å². The largest absolute Gasteiger partial charge is 0.143 e. The zero-order valence-electron chi connectivity index (χ0n) is 6.40. The fraction of sp³-hybridized carbons (Fsp3) is 0.111. The fourth-order valence-electron chi connectivity index (χ4n) is 1.23. The van der Waals surface area contributed by atoms with Crippen molar-refractivity contribution in [3.8, 4) is 0 Å². The van der Waals surface area contributed by atoms with E-state index in [1.807, 2.05) is 11.3 Å². The second-order valence-corrected chi connectivity index (χ2v) is 5.81. The maximum Gasteiger partial charge on any atom is 0.0489 e. The monoisotopic (exact) mass is 400 g/mol. The van der Waals surface area contributed by atoms with Crippen molar-refractivity contribution in [3.63, 3.8) is 0 Å². The second-order valence-electron chi connectivity index (χ2n) is 2.65. The van der Waals surface area contributed by atoms with Crippen LogP contribution in [0.3, 0.4) is 0 Å². The van der Waals surface area contributed by atoms with Gasteiger partial charge in [-0.3, -0.25) is 0 Å². The molecule has 0 fully saturated rings. The first-order valence-corrected chi connectivity index (χ1v) is 6.55. The van der Waals surface area contributed by atoms with Gasteiger partial charge in [0.1, 0.15) is 0 Å². The summed E-state index contributed by atoms with van der Waals surface area (Å²) in [6.45, 7) is 2.17. The van der Waals surface area contributed by atoms with Crippen LogP contribution in [-0.4, -0.2) is 0 Å². The molecule has 0 aliphatic carbocycles. The van der Waals surface area contributed by atoms with E-state index in [2.05, 4.69) is 69.6 Å². The smallest absolute Gasteiger partial charge is 0.0489 e. The fourth-order valence-corrected chi connectivity index (χ4v) is 3.89. The molecule has 1 heterocycles. The Bertz CT molecular complexity index is 431. The number of thiophene rings is 1. The predicted octanol–water partition coefficient (Wildman–Crippen LogP) is 4.42. The van der Waals surface area contributed by atoms with Crippen LogP contribution in [0, 0.1) is 14.1 Å². The first kappa shape index (κ1) is 9.21. The lowest BCUT2D eigenvalue weighted by atomic mass is 10.2. The van der Waals surface area contributed by atoms with Crippen LogP contribution in [0.5, 0.6) is 0 Å². The molecule has 0 N–H and O–H groups in total. The Morgan fingerprint density at radius 2 is 2.08 bits per heavy atom. The zero-order chi connectivity index (χ0) is 8.72. The van der Waals surface area contributed by atoms with Crippen molar-refractivity contribution in [1.82, 2.24) is 0 Å². The number of benzene rings is 1. The molecule has 0 amide bonds. The quantitative estimate of drug-likeness (QED) is 0.575. The van der Waals surface area contributed by atoms with Crippen LogP contribution in [0.1, 0.15) is 5.56 Å². The summed E-state index contributed by atoms with van der Waals surface area (Å²) in [4.78, 5) is 0. The van der Waals surface area contributed by atoms with E-state index in [9.17, 15) is 0 Å². The van der Waals surface area contributed by atoms with Gasteiger partial charge in [-0.15, -0.1) is 11.3 Å². The summed E-state index contributed by atoms with van der Waals surface area (Å²) in [5.74, 6) is 0. The molecule has 0 saturated carbocycles. The number of fused-ring (bicyclic) bond motifs is 1. The minimum absolute atomic E-state index is 1.36. The summed E-state index contributed by atoms with van der Waals surface area (Å²) in [5.41, 5.74) is 1.39. The van der Waals surface area contributed by atoms with Crippen LogP contribution in [0.25, 0.3) is 10.1 Å². The van der Waals surface area contributed by atoms with Gasteiger partial charge in [0, 0.05) is 11.8 Å². The van der Waals surface area contributed by atoms with E-state index in [0.29, 0.717) is 0 Å². The van der Waals surface area contributed by atoms with Gasteiger partial charge in [0.15, 0.2) is 0 Å². The zero-order valence-corrected chi connectivity index (χ0v) is 11.5. The summed E-state index contributed by atoms with van der Waals surface area (Å²) >= 11 is 6.64. The molecule has 12 heavy (non-hydrogen) atoms. The maximum atomic E-state index is 2.42. The van der Waals surface area contributed by atoms with Crippen molar-refractivity contribution >= 4 is 66.6 Å². The number of hydrogen-bond donors (Lipinski definition) is 0. The van der Waals surface area contributed by atoms with Gasteiger partial charge in [0.25, 0.3) is 0 Å². The average molecular weight is 400 g/mol. The van der Waals surface area contributed by atoms with Crippen molar-refractivity contribution in [3.05, 3.63) is 30.2 Å². The molecule has 2 rings (SSSR count). The first-order chi connectivity index (χ1) is 5.70. The third-order valence-corrected chi connectivity index (χ3v) is 6.14. The Labute approximate surface area is 103 Å². The molecule has 3 heteroatoms. The van der Waals surface area contributed by atoms with Crippen LogP contribution in [0.15, 0.2) is 17.5 Å². The molecule has 0 spiro atoms. The summed E-state index contributed by atoms with van der Waals surface area (Å²) in [6.07, 6.45) is 0. The van der Waals surface area contributed by atoms with E-state index < -0.39 is 0 Å². The van der Waals surface area contributed by atoms with E-state index in [-0.39, 0.29) is 0 Å². The van der Waals surface area contributed by atoms with E-state index in [1.54, 1.807) is 0 Å². The SMILES string of the molecule is Cc1cc(I)c(I)c2sccc12. The van der Waals surface area contributed by atoms with Gasteiger partial charge in [-0.25, -0.2) is 0 Å². The minimum Gasteiger partial charge on any atom is -0.143 e. The average Bonchev–Trinajstić information content (AvgIpc) is 2.48. The number of hydrogen-bond acceptors (Lipinski definition) is 1. The topological polar surface area (TPSA) is 0 Å². The van der Waals surface area contributed by atoms with Crippen LogP contribution < -0.4 is 0 Å². The first-order valence-electron chi connectivity index (χ1n) is 3.52. The molecule has 0 radical (unpaired) electrons. The highest BCUT2D eigenvalue weighted by Crippen LogP contribution is 2.32. The molecule has 0 atom stereocenters. The highest BCUT2D eigenvalue weighted by molar-refractivity contribution is 14.1. The summed E-state index contributed by atoms with van der Waals surface area (Å²) in [5, 5.41) is 3.57. The summed E-state index contributed by atoms with van der Waals surface area (Å²) in [6, 6.07) is 4.45. The third kappa shape index (κ3) is 1.39. The molecular weight excluding hydrogens is 394 g/mol. The van der Waals surface area contributed by atoms with Crippen LogP contribution in [0.4, 0.5) is 0 Å². The Balaban J connectivity index is 2.97. The molecule has 0 bridgehead atoms. The van der Waals surface area contributed by atoms with Gasteiger partial charge in [0.2, 0.25) is 0 Å². The standard InChI is InChI=1S/C9H6I2S/c1-5-4-7(10)8(11)9-6(5)2-3-12-9/h2-4H,1H3. The third-order valence-electron chi connectivity index (χ3n) is 1.84.